The van der Waals surface area contributed by atoms with Crippen LogP contribution in [-0.4, -0.2) is 35.1 Å². The van der Waals surface area contributed by atoms with Gasteiger partial charge in [0.05, 0.1) is 11.9 Å². The second-order valence-electron chi connectivity index (χ2n) is 6.47. The predicted octanol–water partition coefficient (Wildman–Crippen LogP) is 2.94. The molecule has 0 aliphatic carbocycles. The van der Waals surface area contributed by atoms with Gasteiger partial charge in [-0.1, -0.05) is 12.5 Å². The number of hydrogen-bond donors (Lipinski definition) is 2. The molecule has 2 bridgehead atoms. The van der Waals surface area contributed by atoms with Gasteiger partial charge in [0.2, 0.25) is 0 Å². The topological polar surface area (TPSA) is 53.1 Å². The Balaban J connectivity index is 1.45. The minimum Gasteiger partial charge on any atom is -0.369 e. The second-order valence-corrected chi connectivity index (χ2v) is 6.47. The van der Waals surface area contributed by atoms with Gasteiger partial charge < -0.3 is 15.5 Å². The Morgan fingerprint density at radius 2 is 1.91 bits per heavy atom. The molecule has 5 nitrogen and oxygen atoms in total. The Morgan fingerprint density at radius 1 is 1.00 bits per heavy atom. The quantitative estimate of drug-likeness (QED) is 0.913. The minimum absolute atomic E-state index is 0.627. The molecule has 2 fully saturated rings. The van der Waals surface area contributed by atoms with E-state index in [-0.39, 0.29) is 0 Å². The molecule has 2 saturated heterocycles. The van der Waals surface area contributed by atoms with Crippen LogP contribution in [0.4, 0.5) is 17.3 Å². The van der Waals surface area contributed by atoms with E-state index in [1.54, 1.807) is 6.20 Å². The van der Waals surface area contributed by atoms with Gasteiger partial charge >= 0.3 is 0 Å². The van der Waals surface area contributed by atoms with Crippen LogP contribution in [0.3, 0.4) is 0 Å². The smallest absolute Gasteiger partial charge is 0.131 e. The van der Waals surface area contributed by atoms with E-state index in [9.17, 15) is 0 Å². The van der Waals surface area contributed by atoms with Crippen LogP contribution in [0.25, 0.3) is 0 Å². The molecule has 2 unspecified atom stereocenters. The summed E-state index contributed by atoms with van der Waals surface area (Å²) in [7, 11) is 0. The number of nitrogens with zero attached hydrogens (tertiary/aromatic N) is 3. The third kappa shape index (κ3) is 3.45. The van der Waals surface area contributed by atoms with Crippen LogP contribution in [-0.2, 0) is 0 Å². The minimum atomic E-state index is 0.627. The fraction of sp³-hybridized carbons (Fsp3) is 0.444. The van der Waals surface area contributed by atoms with Crippen LogP contribution in [0.2, 0.25) is 0 Å². The van der Waals surface area contributed by atoms with Crippen LogP contribution in [0.1, 0.15) is 25.7 Å². The molecule has 0 aromatic carbocycles. The zero-order valence-corrected chi connectivity index (χ0v) is 13.3. The maximum Gasteiger partial charge on any atom is 0.131 e. The van der Waals surface area contributed by atoms with Crippen molar-refractivity contribution in [2.75, 3.05) is 23.3 Å². The van der Waals surface area contributed by atoms with Gasteiger partial charge in [0.25, 0.3) is 0 Å². The van der Waals surface area contributed by atoms with Crippen molar-refractivity contribution in [2.45, 2.75) is 37.8 Å². The maximum absolute atomic E-state index is 4.55. The summed E-state index contributed by atoms with van der Waals surface area (Å²) in [6.45, 7) is 2.20. The third-order valence-corrected chi connectivity index (χ3v) is 4.80. The predicted molar refractivity (Wildman–Crippen MR) is 93.1 cm³/mol. The Hall–Kier alpha value is -2.14. The second kappa shape index (κ2) is 6.54. The van der Waals surface area contributed by atoms with Crippen molar-refractivity contribution in [3.8, 4) is 0 Å². The van der Waals surface area contributed by atoms with Crippen molar-refractivity contribution in [3.05, 3.63) is 42.7 Å². The SMILES string of the molecule is c1ccc(Nc2ccc(N3CCC4CCCC(C3)N4)cn2)nc1. The van der Waals surface area contributed by atoms with Gasteiger partial charge in [-0.25, -0.2) is 9.97 Å². The molecule has 2 aliphatic heterocycles. The first kappa shape index (κ1) is 14.5. The molecule has 0 spiro atoms. The number of hydrogen-bond acceptors (Lipinski definition) is 5. The highest BCUT2D eigenvalue weighted by Crippen LogP contribution is 2.24. The van der Waals surface area contributed by atoms with Gasteiger partial charge in [-0.2, -0.15) is 0 Å². The summed E-state index contributed by atoms with van der Waals surface area (Å²) in [5.74, 6) is 1.65. The number of piperidine rings is 1. The van der Waals surface area contributed by atoms with Gasteiger partial charge in [-0.05, 0) is 43.5 Å². The molecular weight excluding hydrogens is 286 g/mol. The van der Waals surface area contributed by atoms with Gasteiger partial charge in [-0.15, -0.1) is 0 Å². The van der Waals surface area contributed by atoms with E-state index < -0.39 is 0 Å². The number of aromatic nitrogens is 2. The van der Waals surface area contributed by atoms with Gasteiger partial charge in [0.1, 0.15) is 11.6 Å². The summed E-state index contributed by atoms with van der Waals surface area (Å²) in [5.41, 5.74) is 1.21. The average molecular weight is 309 g/mol. The fourth-order valence-corrected chi connectivity index (χ4v) is 3.60. The van der Waals surface area contributed by atoms with Crippen molar-refractivity contribution < 1.29 is 0 Å². The molecule has 4 heterocycles. The van der Waals surface area contributed by atoms with E-state index in [2.05, 4.69) is 31.6 Å². The Morgan fingerprint density at radius 3 is 2.74 bits per heavy atom. The summed E-state index contributed by atoms with van der Waals surface area (Å²) in [6.07, 6.45) is 8.96. The van der Waals surface area contributed by atoms with Crippen LogP contribution >= 0.6 is 0 Å². The van der Waals surface area contributed by atoms with Gasteiger partial charge in [0, 0.05) is 31.4 Å². The zero-order valence-electron chi connectivity index (χ0n) is 13.3. The van der Waals surface area contributed by atoms with Crippen LogP contribution in [0, 0.1) is 0 Å². The summed E-state index contributed by atoms with van der Waals surface area (Å²) >= 11 is 0. The van der Waals surface area contributed by atoms with Crippen molar-refractivity contribution >= 4 is 17.3 Å². The fourth-order valence-electron chi connectivity index (χ4n) is 3.60. The van der Waals surface area contributed by atoms with E-state index in [1.165, 1.54) is 31.4 Å². The van der Waals surface area contributed by atoms with Crippen molar-refractivity contribution in [1.82, 2.24) is 15.3 Å². The normalized spacial score (nSPS) is 24.1. The zero-order chi connectivity index (χ0) is 15.5. The molecule has 0 radical (unpaired) electrons. The average Bonchev–Trinajstić information content (AvgIpc) is 2.74. The molecule has 2 aliphatic rings. The van der Waals surface area contributed by atoms with Crippen molar-refractivity contribution in [1.29, 1.82) is 0 Å². The van der Waals surface area contributed by atoms with Crippen molar-refractivity contribution in [2.24, 2.45) is 0 Å². The molecule has 0 saturated carbocycles. The molecule has 4 rings (SSSR count). The molecule has 2 aromatic heterocycles. The largest absolute Gasteiger partial charge is 0.369 e. The molecule has 23 heavy (non-hydrogen) atoms. The number of anilines is 3. The summed E-state index contributed by atoms with van der Waals surface area (Å²) in [5, 5.41) is 7.01. The lowest BCUT2D eigenvalue weighted by Crippen LogP contribution is -2.44. The molecule has 120 valence electrons. The lowest BCUT2D eigenvalue weighted by atomic mass is 9.98. The highest BCUT2D eigenvalue weighted by atomic mass is 15.2. The summed E-state index contributed by atoms with van der Waals surface area (Å²) in [4.78, 5) is 11.3. The molecule has 5 heteroatoms. The van der Waals surface area contributed by atoms with E-state index in [0.29, 0.717) is 12.1 Å². The lowest BCUT2D eigenvalue weighted by Gasteiger charge is -2.29. The molecule has 2 N–H and O–H groups in total. The lowest BCUT2D eigenvalue weighted by molar-refractivity contribution is 0.336. The van der Waals surface area contributed by atoms with Crippen LogP contribution in [0.5, 0.6) is 0 Å². The highest BCUT2D eigenvalue weighted by Gasteiger charge is 2.27. The van der Waals surface area contributed by atoms with Crippen LogP contribution in [0.15, 0.2) is 42.7 Å². The van der Waals surface area contributed by atoms with E-state index in [1.807, 2.05) is 30.5 Å². The summed E-state index contributed by atoms with van der Waals surface area (Å²) in [6, 6.07) is 11.3. The first-order chi connectivity index (χ1) is 11.4. The van der Waals surface area contributed by atoms with E-state index >= 15 is 0 Å². The monoisotopic (exact) mass is 309 g/mol. The number of pyridine rings is 2. The molecule has 2 atom stereocenters. The highest BCUT2D eigenvalue weighted by molar-refractivity contribution is 5.55. The van der Waals surface area contributed by atoms with Gasteiger partial charge in [-0.3, -0.25) is 0 Å². The van der Waals surface area contributed by atoms with Crippen molar-refractivity contribution in [3.63, 3.8) is 0 Å². The molecule has 2 aromatic rings. The summed E-state index contributed by atoms with van der Waals surface area (Å²) < 4.78 is 0. The number of rotatable bonds is 3. The Labute approximate surface area is 137 Å². The third-order valence-electron chi connectivity index (χ3n) is 4.80. The van der Waals surface area contributed by atoms with Gasteiger partial charge in [0.15, 0.2) is 0 Å². The number of nitrogens with one attached hydrogen (secondary N) is 2. The number of fused-ring (bicyclic) bond motifs is 2. The molecular formula is C18H23N5. The Kier molecular flexibility index (Phi) is 4.11. The van der Waals surface area contributed by atoms with E-state index in [4.69, 9.17) is 0 Å². The van der Waals surface area contributed by atoms with Crippen LogP contribution < -0.4 is 15.5 Å². The first-order valence-corrected chi connectivity index (χ1v) is 8.52. The van der Waals surface area contributed by atoms with E-state index in [0.717, 1.165) is 24.7 Å². The molecule has 0 amide bonds. The first-order valence-electron chi connectivity index (χ1n) is 8.52. The maximum atomic E-state index is 4.55. The Bertz CT molecular complexity index is 628. The standard InChI is InChI=1S/C18H23N5/c1-2-10-19-17(6-1)22-18-8-7-16(12-20-18)23-11-9-14-4-3-5-15(13-23)21-14/h1-2,6-8,10,12,14-15,21H,3-5,9,11,13H2,(H,19,20,22).